The van der Waals surface area contributed by atoms with E-state index in [1.54, 1.807) is 41.9 Å². The molecule has 3 aromatic heterocycles. The smallest absolute Gasteiger partial charge is 0.142 e. The summed E-state index contributed by atoms with van der Waals surface area (Å²) in [6, 6.07) is 11.8. The van der Waals surface area contributed by atoms with Crippen LogP contribution in [0.3, 0.4) is 0 Å². The fourth-order valence-corrected chi connectivity index (χ4v) is 7.48. The van der Waals surface area contributed by atoms with Gasteiger partial charge in [-0.05, 0) is 54.3 Å². The molecule has 240 valence electrons. The normalized spacial score (nSPS) is 15.5. The number of aromatic nitrogens is 4. The Labute approximate surface area is 275 Å². The minimum atomic E-state index is -0.538. The number of aliphatic hydroxyl groups excluding tert-OH is 1. The number of hydrogen-bond donors (Lipinski definition) is 3. The molecule has 13 heteroatoms. The molecule has 46 heavy (non-hydrogen) atoms. The van der Waals surface area contributed by atoms with Crippen molar-refractivity contribution in [2.75, 3.05) is 51.3 Å². The Morgan fingerprint density at radius 2 is 2.02 bits per heavy atom. The Morgan fingerprint density at radius 1 is 1.13 bits per heavy atom. The number of nitrogens with one attached hydrogen (secondary N) is 2. The number of anilines is 2. The molecule has 2 aromatic carbocycles. The highest BCUT2D eigenvalue weighted by atomic mass is 35.5. The maximum Gasteiger partial charge on any atom is 0.142 e. The van der Waals surface area contributed by atoms with E-state index in [1.165, 1.54) is 17.7 Å². The number of nitrogens with zero attached hydrogens (tertiary/aromatic N) is 5. The summed E-state index contributed by atoms with van der Waals surface area (Å²) in [5.41, 5.74) is 4.91. The molecule has 4 heterocycles. The molecule has 1 saturated heterocycles. The molecule has 0 spiro atoms. The van der Waals surface area contributed by atoms with Crippen molar-refractivity contribution in [1.82, 2.24) is 30.0 Å². The minimum absolute atomic E-state index is 0.210. The Morgan fingerprint density at radius 3 is 2.87 bits per heavy atom. The highest BCUT2D eigenvalue weighted by Gasteiger charge is 2.27. The maximum atomic E-state index is 13.5. The fraction of sp³-hybridized carbons (Fsp3) is 0.364. The van der Waals surface area contributed by atoms with Crippen LogP contribution in [0.2, 0.25) is 5.02 Å². The first-order chi connectivity index (χ1) is 22.5. The van der Waals surface area contributed by atoms with Crippen LogP contribution in [0.15, 0.2) is 55.0 Å². The number of aliphatic hydroxyl groups is 1. The van der Waals surface area contributed by atoms with Crippen LogP contribution in [0.5, 0.6) is 5.75 Å². The topological polar surface area (TPSA) is 110 Å². The van der Waals surface area contributed by atoms with Crippen molar-refractivity contribution in [3.8, 4) is 16.2 Å². The second-order valence-corrected chi connectivity index (χ2v) is 12.9. The van der Waals surface area contributed by atoms with Gasteiger partial charge in [0.2, 0.25) is 0 Å². The molecule has 0 amide bonds. The first-order valence-electron chi connectivity index (χ1n) is 15.5. The molecular weight excluding hydrogens is 629 g/mol. The molecule has 3 N–H and O–H groups in total. The molecule has 1 aliphatic heterocycles. The van der Waals surface area contributed by atoms with E-state index in [1.807, 2.05) is 16.9 Å². The van der Waals surface area contributed by atoms with Crippen LogP contribution in [0, 0.1) is 5.82 Å². The van der Waals surface area contributed by atoms with Crippen LogP contribution in [-0.2, 0) is 30.7 Å². The summed E-state index contributed by atoms with van der Waals surface area (Å²) in [6.45, 7) is 6.45. The molecule has 1 atom stereocenters. The standard InChI is InChI=1S/C33H35ClFN7O3S/c34-27-15-23(4-7-29(27)45-19-21-2-1-3-22(35)14-21)40-32-30-25-5-6-28-26(31(25)46-33(30)38-20-37-32)17-39-42(28)18-24(43)16-36-8-9-41-10-12-44-13-11-41/h1-4,7,14-15,17,20,24,36,43H,5-6,8-13,16,18-19H2,(H,37,38,40)/t24-/m1/s1. The zero-order valence-corrected chi connectivity index (χ0v) is 26.8. The van der Waals surface area contributed by atoms with Crippen LogP contribution < -0.4 is 15.4 Å². The zero-order chi connectivity index (χ0) is 31.5. The molecule has 5 aromatic rings. The molecule has 0 saturated carbocycles. The third kappa shape index (κ3) is 6.87. The lowest BCUT2D eigenvalue weighted by Crippen LogP contribution is -2.41. The second kappa shape index (κ2) is 14.0. The number of hydrogen-bond acceptors (Lipinski definition) is 10. The molecule has 0 bridgehead atoms. The Hall–Kier alpha value is -3.65. The van der Waals surface area contributed by atoms with Gasteiger partial charge < -0.3 is 25.2 Å². The molecule has 1 fully saturated rings. The lowest BCUT2D eigenvalue weighted by molar-refractivity contribution is 0.0379. The van der Waals surface area contributed by atoms with Crippen molar-refractivity contribution in [3.05, 3.63) is 82.6 Å². The van der Waals surface area contributed by atoms with Crippen molar-refractivity contribution >= 4 is 44.7 Å². The number of halogens is 2. The van der Waals surface area contributed by atoms with E-state index in [2.05, 4.69) is 30.6 Å². The molecule has 7 rings (SSSR count). The summed E-state index contributed by atoms with van der Waals surface area (Å²) in [5.74, 6) is 0.915. The van der Waals surface area contributed by atoms with Crippen LogP contribution in [-0.4, -0.2) is 81.8 Å². The van der Waals surface area contributed by atoms with Crippen LogP contribution in [0.4, 0.5) is 15.9 Å². The number of thiophene rings is 1. The number of rotatable bonds is 12. The van der Waals surface area contributed by atoms with Crippen LogP contribution >= 0.6 is 22.9 Å². The lowest BCUT2D eigenvalue weighted by atomic mass is 9.95. The van der Waals surface area contributed by atoms with Gasteiger partial charge in [-0.25, -0.2) is 14.4 Å². The zero-order valence-electron chi connectivity index (χ0n) is 25.2. The van der Waals surface area contributed by atoms with Crippen molar-refractivity contribution in [1.29, 1.82) is 0 Å². The third-order valence-electron chi connectivity index (χ3n) is 8.34. The van der Waals surface area contributed by atoms with Gasteiger partial charge in [-0.2, -0.15) is 5.10 Å². The number of morpholine rings is 1. The van der Waals surface area contributed by atoms with E-state index in [0.29, 0.717) is 29.7 Å². The molecule has 0 unspecified atom stereocenters. The summed E-state index contributed by atoms with van der Waals surface area (Å²) in [7, 11) is 0. The van der Waals surface area contributed by atoms with E-state index >= 15 is 0 Å². The fourth-order valence-electron chi connectivity index (χ4n) is 6.02. The predicted molar refractivity (Wildman–Crippen MR) is 178 cm³/mol. The first kappa shape index (κ1) is 31.0. The summed E-state index contributed by atoms with van der Waals surface area (Å²) in [6.07, 6.45) is 4.56. The van der Waals surface area contributed by atoms with Gasteiger partial charge in [0.25, 0.3) is 0 Å². The van der Waals surface area contributed by atoms with E-state index in [-0.39, 0.29) is 12.4 Å². The van der Waals surface area contributed by atoms with Gasteiger partial charge in [-0.3, -0.25) is 9.58 Å². The minimum Gasteiger partial charge on any atom is -0.487 e. The van der Waals surface area contributed by atoms with Crippen molar-refractivity contribution < 1.29 is 19.0 Å². The van der Waals surface area contributed by atoms with E-state index in [9.17, 15) is 9.50 Å². The molecule has 0 radical (unpaired) electrons. The SMILES string of the molecule is O[C@H](CNCCN1CCOCC1)Cn1ncc2c1CCc1c-2sc2ncnc(Nc3ccc(OCc4cccc(F)c4)c(Cl)c3)c12. The average molecular weight is 664 g/mol. The quantitative estimate of drug-likeness (QED) is 0.158. The van der Waals surface area contributed by atoms with Crippen molar-refractivity contribution in [2.24, 2.45) is 0 Å². The van der Waals surface area contributed by atoms with E-state index < -0.39 is 6.10 Å². The van der Waals surface area contributed by atoms with Gasteiger partial charge in [0, 0.05) is 54.5 Å². The van der Waals surface area contributed by atoms with Crippen molar-refractivity contribution in [3.63, 3.8) is 0 Å². The van der Waals surface area contributed by atoms with E-state index in [0.717, 1.165) is 89.8 Å². The van der Waals surface area contributed by atoms with Gasteiger partial charge in [0.05, 0.1) is 42.5 Å². The van der Waals surface area contributed by atoms with Gasteiger partial charge in [0.15, 0.2) is 0 Å². The molecular formula is C33H35ClFN7O3S. The first-order valence-corrected chi connectivity index (χ1v) is 16.7. The van der Waals surface area contributed by atoms with Gasteiger partial charge in [-0.15, -0.1) is 11.3 Å². The van der Waals surface area contributed by atoms with Gasteiger partial charge >= 0.3 is 0 Å². The summed E-state index contributed by atoms with van der Waals surface area (Å²) in [5, 5.41) is 23.7. The summed E-state index contributed by atoms with van der Waals surface area (Å²) < 4.78 is 26.7. The van der Waals surface area contributed by atoms with Gasteiger partial charge in [-0.1, -0.05) is 23.7 Å². The summed E-state index contributed by atoms with van der Waals surface area (Å²) >= 11 is 8.20. The Kier molecular flexibility index (Phi) is 9.43. The van der Waals surface area contributed by atoms with E-state index in [4.69, 9.17) is 21.1 Å². The average Bonchev–Trinajstić information content (AvgIpc) is 3.65. The lowest BCUT2D eigenvalue weighted by Gasteiger charge is -2.26. The predicted octanol–water partition coefficient (Wildman–Crippen LogP) is 5.05. The number of ether oxygens (including phenoxy) is 2. The van der Waals surface area contributed by atoms with Crippen LogP contribution in [0.25, 0.3) is 20.7 Å². The molecule has 10 nitrogen and oxygen atoms in total. The Bertz CT molecular complexity index is 1830. The number of benzene rings is 2. The highest BCUT2D eigenvalue weighted by molar-refractivity contribution is 7.22. The maximum absolute atomic E-state index is 13.5. The molecule has 2 aliphatic rings. The van der Waals surface area contributed by atoms with Gasteiger partial charge in [0.1, 0.15) is 35.1 Å². The largest absolute Gasteiger partial charge is 0.487 e. The number of aryl methyl sites for hydroxylation is 1. The number of fused-ring (bicyclic) bond motifs is 5. The second-order valence-electron chi connectivity index (χ2n) is 11.5. The van der Waals surface area contributed by atoms with Crippen molar-refractivity contribution in [2.45, 2.75) is 32.1 Å². The van der Waals surface area contributed by atoms with Crippen LogP contribution in [0.1, 0.15) is 16.8 Å². The Balaban J connectivity index is 1.02. The monoisotopic (exact) mass is 663 g/mol. The third-order valence-corrected chi connectivity index (χ3v) is 9.81. The molecule has 1 aliphatic carbocycles. The summed E-state index contributed by atoms with van der Waals surface area (Å²) in [4.78, 5) is 13.6. The highest BCUT2D eigenvalue weighted by Crippen LogP contribution is 2.45.